The van der Waals surface area contributed by atoms with Gasteiger partial charge in [0.2, 0.25) is 11.8 Å². The number of hydrogen-bond donors (Lipinski definition) is 1. The van der Waals surface area contributed by atoms with Crippen LogP contribution in [0.5, 0.6) is 11.6 Å². The number of hydrogen-bond acceptors (Lipinski definition) is 4. The normalized spacial score (nSPS) is 11.3. The molecule has 0 radical (unpaired) electrons. The van der Waals surface area contributed by atoms with Gasteiger partial charge >= 0.3 is 6.18 Å². The van der Waals surface area contributed by atoms with Crippen molar-refractivity contribution < 1.29 is 22.3 Å². The first kappa shape index (κ1) is 15.3. The van der Waals surface area contributed by atoms with Crippen LogP contribution in [0, 0.1) is 5.82 Å². The second-order valence-electron chi connectivity index (χ2n) is 3.84. The van der Waals surface area contributed by atoms with E-state index in [0.29, 0.717) is 6.07 Å². The first-order chi connectivity index (χ1) is 9.79. The summed E-state index contributed by atoms with van der Waals surface area (Å²) < 4.78 is 56.2. The maximum Gasteiger partial charge on any atom is 0.433 e. The molecular weight excluding hydrogens is 314 g/mol. The Kier molecular flexibility index (Phi) is 4.17. The first-order valence-corrected chi connectivity index (χ1v) is 5.94. The summed E-state index contributed by atoms with van der Waals surface area (Å²) in [7, 11) is 1.37. The van der Waals surface area contributed by atoms with Crippen LogP contribution in [0.2, 0.25) is 5.02 Å². The molecular formula is C12H8ClF4N3O. The molecule has 0 unspecified atom stereocenters. The van der Waals surface area contributed by atoms with Crippen molar-refractivity contribution >= 4 is 17.5 Å². The highest BCUT2D eigenvalue weighted by Crippen LogP contribution is 2.32. The molecule has 9 heteroatoms. The van der Waals surface area contributed by atoms with E-state index in [1.54, 1.807) is 0 Å². The van der Waals surface area contributed by atoms with Gasteiger partial charge in [0, 0.05) is 19.2 Å². The number of aromatic nitrogens is 2. The predicted molar refractivity (Wildman–Crippen MR) is 68.1 cm³/mol. The average molecular weight is 322 g/mol. The smallest absolute Gasteiger partial charge is 0.433 e. The van der Waals surface area contributed by atoms with Crippen molar-refractivity contribution in [1.82, 2.24) is 9.97 Å². The molecule has 112 valence electrons. The molecule has 1 aromatic heterocycles. The number of rotatable bonds is 3. The van der Waals surface area contributed by atoms with Gasteiger partial charge in [-0.3, -0.25) is 0 Å². The zero-order valence-corrected chi connectivity index (χ0v) is 11.3. The maximum absolute atomic E-state index is 13.0. The third kappa shape index (κ3) is 3.72. The maximum atomic E-state index is 13.0. The lowest BCUT2D eigenvalue weighted by atomic mass is 10.3. The average Bonchev–Trinajstić information content (AvgIpc) is 2.41. The number of nitrogens with one attached hydrogen (secondary N) is 1. The van der Waals surface area contributed by atoms with E-state index in [1.807, 2.05) is 0 Å². The van der Waals surface area contributed by atoms with Crippen LogP contribution in [0.25, 0.3) is 0 Å². The first-order valence-electron chi connectivity index (χ1n) is 5.56. The lowest BCUT2D eigenvalue weighted by Crippen LogP contribution is -2.11. The van der Waals surface area contributed by atoms with Gasteiger partial charge in [-0.15, -0.1) is 0 Å². The molecule has 21 heavy (non-hydrogen) atoms. The van der Waals surface area contributed by atoms with Crippen LogP contribution >= 0.6 is 11.6 Å². The largest absolute Gasteiger partial charge is 0.439 e. The second kappa shape index (κ2) is 5.72. The van der Waals surface area contributed by atoms with Crippen molar-refractivity contribution in [3.05, 3.63) is 40.8 Å². The fourth-order valence-electron chi connectivity index (χ4n) is 1.40. The summed E-state index contributed by atoms with van der Waals surface area (Å²) in [6.07, 6.45) is -4.65. The lowest BCUT2D eigenvalue weighted by molar-refractivity contribution is -0.141. The van der Waals surface area contributed by atoms with Crippen molar-refractivity contribution in [2.75, 3.05) is 12.4 Å². The van der Waals surface area contributed by atoms with Crippen LogP contribution in [0.15, 0.2) is 24.3 Å². The van der Waals surface area contributed by atoms with E-state index in [0.717, 1.165) is 12.1 Å². The summed E-state index contributed by atoms with van der Waals surface area (Å²) in [5, 5.41) is 2.18. The van der Waals surface area contributed by atoms with E-state index < -0.39 is 17.7 Å². The van der Waals surface area contributed by atoms with Crippen LogP contribution in [0.4, 0.5) is 23.5 Å². The second-order valence-corrected chi connectivity index (χ2v) is 4.25. The zero-order valence-electron chi connectivity index (χ0n) is 10.5. The van der Waals surface area contributed by atoms with Crippen molar-refractivity contribution in [1.29, 1.82) is 0 Å². The van der Waals surface area contributed by atoms with Gasteiger partial charge in [0.05, 0.1) is 5.02 Å². The highest BCUT2D eigenvalue weighted by atomic mass is 35.5. The Morgan fingerprint density at radius 2 is 1.90 bits per heavy atom. The van der Waals surface area contributed by atoms with E-state index >= 15 is 0 Å². The molecule has 1 aromatic carbocycles. The third-order valence-electron chi connectivity index (χ3n) is 2.33. The van der Waals surface area contributed by atoms with Crippen molar-refractivity contribution in [2.45, 2.75) is 6.18 Å². The third-order valence-corrected chi connectivity index (χ3v) is 2.62. The highest BCUT2D eigenvalue weighted by molar-refractivity contribution is 6.30. The van der Waals surface area contributed by atoms with Gasteiger partial charge in [-0.25, -0.2) is 9.37 Å². The van der Waals surface area contributed by atoms with E-state index in [1.165, 1.54) is 13.1 Å². The monoisotopic (exact) mass is 321 g/mol. The molecule has 0 fully saturated rings. The SMILES string of the molecule is CNc1nc(Oc2ccc(F)c(Cl)c2)cc(C(F)(F)F)n1. The summed E-state index contributed by atoms with van der Waals surface area (Å²) in [6, 6.07) is 4.02. The Morgan fingerprint density at radius 1 is 1.19 bits per heavy atom. The number of ether oxygens (including phenoxy) is 1. The molecule has 0 atom stereocenters. The topological polar surface area (TPSA) is 47.0 Å². The fourth-order valence-corrected chi connectivity index (χ4v) is 1.57. The van der Waals surface area contributed by atoms with Gasteiger partial charge in [-0.1, -0.05) is 11.6 Å². The molecule has 2 aromatic rings. The molecule has 4 nitrogen and oxygen atoms in total. The van der Waals surface area contributed by atoms with Crippen LogP contribution in [-0.2, 0) is 6.18 Å². The predicted octanol–water partition coefficient (Wildman–Crippen LogP) is 4.12. The lowest BCUT2D eigenvalue weighted by Gasteiger charge is -2.11. The summed E-state index contributed by atoms with van der Waals surface area (Å²) in [5.74, 6) is -1.22. The van der Waals surface area contributed by atoms with Gasteiger partial charge < -0.3 is 10.1 Å². The highest BCUT2D eigenvalue weighted by Gasteiger charge is 2.34. The Balaban J connectivity index is 2.36. The molecule has 0 saturated heterocycles. The molecule has 0 saturated carbocycles. The van der Waals surface area contributed by atoms with Crippen LogP contribution in [0.1, 0.15) is 5.69 Å². The van der Waals surface area contributed by atoms with E-state index in [2.05, 4.69) is 15.3 Å². The van der Waals surface area contributed by atoms with Crippen molar-refractivity contribution in [3.8, 4) is 11.6 Å². The number of nitrogens with zero attached hydrogens (tertiary/aromatic N) is 2. The minimum Gasteiger partial charge on any atom is -0.439 e. The van der Waals surface area contributed by atoms with Gasteiger partial charge in [0.25, 0.3) is 0 Å². The summed E-state index contributed by atoms with van der Waals surface area (Å²) in [5.41, 5.74) is -1.16. The number of halogens is 5. The Hall–Kier alpha value is -2.09. The van der Waals surface area contributed by atoms with Gasteiger partial charge in [0.15, 0.2) is 5.69 Å². The van der Waals surface area contributed by atoms with Crippen LogP contribution < -0.4 is 10.1 Å². The quantitative estimate of drug-likeness (QED) is 0.864. The zero-order chi connectivity index (χ0) is 15.6. The molecule has 2 rings (SSSR count). The minimum atomic E-state index is -4.65. The molecule has 0 amide bonds. The molecule has 1 N–H and O–H groups in total. The van der Waals surface area contributed by atoms with Gasteiger partial charge in [-0.05, 0) is 12.1 Å². The molecule has 0 aliphatic heterocycles. The van der Waals surface area contributed by atoms with Gasteiger partial charge in [0.1, 0.15) is 11.6 Å². The summed E-state index contributed by atoms with van der Waals surface area (Å²) >= 11 is 5.56. The van der Waals surface area contributed by atoms with Crippen LogP contribution in [-0.4, -0.2) is 17.0 Å². The summed E-state index contributed by atoms with van der Waals surface area (Å²) in [4.78, 5) is 7.01. The van der Waals surface area contributed by atoms with Crippen molar-refractivity contribution in [2.24, 2.45) is 0 Å². The standard InChI is InChI=1S/C12H8ClF4N3O/c1-18-11-19-9(12(15,16)17)5-10(20-11)21-6-2-3-8(14)7(13)4-6/h2-5H,1H3,(H,18,19,20). The van der Waals surface area contributed by atoms with E-state index in [9.17, 15) is 17.6 Å². The Morgan fingerprint density at radius 3 is 2.48 bits per heavy atom. The molecule has 1 heterocycles. The number of alkyl halides is 3. The van der Waals surface area contributed by atoms with E-state index in [4.69, 9.17) is 16.3 Å². The van der Waals surface area contributed by atoms with E-state index in [-0.39, 0.29) is 22.6 Å². The van der Waals surface area contributed by atoms with Crippen LogP contribution in [0.3, 0.4) is 0 Å². The molecule has 0 aliphatic rings. The molecule has 0 bridgehead atoms. The summed E-state index contributed by atoms with van der Waals surface area (Å²) in [6.45, 7) is 0. The molecule has 0 aliphatic carbocycles. The fraction of sp³-hybridized carbons (Fsp3) is 0.167. The number of anilines is 1. The Bertz CT molecular complexity index is 663. The minimum absolute atomic E-state index is 0.0512. The van der Waals surface area contributed by atoms with Gasteiger partial charge in [-0.2, -0.15) is 18.2 Å². The Labute approximate surface area is 121 Å². The van der Waals surface area contributed by atoms with Crippen molar-refractivity contribution in [3.63, 3.8) is 0 Å². The molecule has 0 spiro atoms. The number of benzene rings is 1.